The summed E-state index contributed by atoms with van der Waals surface area (Å²) in [5.74, 6) is 0. The summed E-state index contributed by atoms with van der Waals surface area (Å²) in [6.07, 6.45) is 1.80. The zero-order chi connectivity index (χ0) is 13.0. The maximum absolute atomic E-state index is 5.69. The number of nitrogens with zero attached hydrogens (tertiary/aromatic N) is 1. The summed E-state index contributed by atoms with van der Waals surface area (Å²) in [6, 6.07) is 11.7. The van der Waals surface area contributed by atoms with Crippen molar-refractivity contribution >= 4 is 22.9 Å². The predicted octanol–water partition coefficient (Wildman–Crippen LogP) is 2.64. The number of anilines is 1. The third-order valence-electron chi connectivity index (χ3n) is 2.76. The molecular formula is C14H15N3S. The average molecular weight is 257 g/mol. The maximum Gasteiger partial charge on any atom is 0.106 e. The Bertz CT molecular complexity index is 566. The topological polar surface area (TPSA) is 50.9 Å². The molecule has 3 N–H and O–H groups in total. The third kappa shape index (κ3) is 2.84. The second-order valence-corrected chi connectivity index (χ2v) is 4.47. The lowest BCUT2D eigenvalue weighted by molar-refractivity contribution is 1.02. The van der Waals surface area contributed by atoms with Gasteiger partial charge in [-0.3, -0.25) is 4.98 Å². The summed E-state index contributed by atoms with van der Waals surface area (Å²) in [7, 11) is 0. The van der Waals surface area contributed by atoms with Crippen molar-refractivity contribution in [1.29, 1.82) is 0 Å². The van der Waals surface area contributed by atoms with E-state index in [4.69, 9.17) is 18.0 Å². The molecule has 0 aliphatic heterocycles. The monoisotopic (exact) mass is 257 g/mol. The number of pyridine rings is 1. The summed E-state index contributed by atoms with van der Waals surface area (Å²) >= 11 is 5.03. The number of aryl methyl sites for hydroxylation is 1. The van der Waals surface area contributed by atoms with Crippen LogP contribution in [0.5, 0.6) is 0 Å². The number of thiocarbonyl (C=S) groups is 1. The standard InChI is InChI=1S/C14H15N3S/c1-10-5-4-8-16-13(10)9-17-12-7-3-2-6-11(12)14(15)18/h2-8,17H,9H2,1H3,(H2,15,18). The van der Waals surface area contributed by atoms with Gasteiger partial charge in [-0.05, 0) is 30.7 Å². The highest BCUT2D eigenvalue weighted by atomic mass is 32.1. The number of nitrogens with one attached hydrogen (secondary N) is 1. The molecule has 0 radical (unpaired) electrons. The third-order valence-corrected chi connectivity index (χ3v) is 2.98. The van der Waals surface area contributed by atoms with E-state index in [1.54, 1.807) is 6.20 Å². The molecule has 0 spiro atoms. The van der Waals surface area contributed by atoms with E-state index in [1.807, 2.05) is 43.3 Å². The summed E-state index contributed by atoms with van der Waals surface area (Å²) in [5, 5.41) is 3.32. The molecule has 1 aromatic carbocycles. The van der Waals surface area contributed by atoms with Gasteiger partial charge in [0.2, 0.25) is 0 Å². The largest absolute Gasteiger partial charge is 0.389 e. The van der Waals surface area contributed by atoms with Crippen molar-refractivity contribution in [2.45, 2.75) is 13.5 Å². The highest BCUT2D eigenvalue weighted by Crippen LogP contribution is 2.16. The first-order valence-corrected chi connectivity index (χ1v) is 6.12. The predicted molar refractivity (Wildman–Crippen MR) is 78.6 cm³/mol. The van der Waals surface area contributed by atoms with E-state index >= 15 is 0 Å². The molecular weight excluding hydrogens is 242 g/mol. The van der Waals surface area contributed by atoms with Crippen LogP contribution in [0.2, 0.25) is 0 Å². The minimum atomic E-state index is 0.399. The van der Waals surface area contributed by atoms with Crippen molar-refractivity contribution in [3.8, 4) is 0 Å². The molecule has 0 unspecified atom stereocenters. The van der Waals surface area contributed by atoms with Gasteiger partial charge in [0, 0.05) is 17.4 Å². The molecule has 92 valence electrons. The van der Waals surface area contributed by atoms with Crippen LogP contribution in [0.4, 0.5) is 5.69 Å². The highest BCUT2D eigenvalue weighted by molar-refractivity contribution is 7.80. The number of nitrogens with two attached hydrogens (primary N) is 1. The second kappa shape index (κ2) is 5.60. The molecule has 0 amide bonds. The van der Waals surface area contributed by atoms with Gasteiger partial charge in [0.15, 0.2) is 0 Å². The Hall–Kier alpha value is -1.94. The number of para-hydroxylation sites is 1. The summed E-state index contributed by atoms with van der Waals surface area (Å²) in [4.78, 5) is 4.74. The van der Waals surface area contributed by atoms with Gasteiger partial charge < -0.3 is 11.1 Å². The van der Waals surface area contributed by atoms with Crippen LogP contribution in [0.25, 0.3) is 0 Å². The molecule has 1 aromatic heterocycles. The molecule has 0 aliphatic carbocycles. The van der Waals surface area contributed by atoms with E-state index in [0.717, 1.165) is 22.5 Å². The lowest BCUT2D eigenvalue weighted by atomic mass is 10.1. The second-order valence-electron chi connectivity index (χ2n) is 4.03. The molecule has 3 nitrogen and oxygen atoms in total. The van der Waals surface area contributed by atoms with Crippen molar-refractivity contribution in [2.24, 2.45) is 5.73 Å². The van der Waals surface area contributed by atoms with Crippen molar-refractivity contribution in [3.05, 3.63) is 59.4 Å². The minimum Gasteiger partial charge on any atom is -0.389 e. The van der Waals surface area contributed by atoms with Crippen molar-refractivity contribution < 1.29 is 0 Å². The lowest BCUT2D eigenvalue weighted by Gasteiger charge is -2.11. The molecule has 0 fully saturated rings. The first-order chi connectivity index (χ1) is 8.68. The smallest absolute Gasteiger partial charge is 0.106 e. The molecule has 2 aromatic rings. The van der Waals surface area contributed by atoms with E-state index in [0.29, 0.717) is 11.5 Å². The van der Waals surface area contributed by atoms with Gasteiger partial charge in [-0.15, -0.1) is 0 Å². The summed E-state index contributed by atoms with van der Waals surface area (Å²) in [6.45, 7) is 2.70. The fourth-order valence-electron chi connectivity index (χ4n) is 1.73. The van der Waals surface area contributed by atoms with Crippen molar-refractivity contribution in [2.75, 3.05) is 5.32 Å². The Balaban J connectivity index is 2.16. The molecule has 18 heavy (non-hydrogen) atoms. The molecule has 1 heterocycles. The molecule has 4 heteroatoms. The Labute approximate surface area is 112 Å². The minimum absolute atomic E-state index is 0.399. The van der Waals surface area contributed by atoms with E-state index < -0.39 is 0 Å². The van der Waals surface area contributed by atoms with E-state index in [2.05, 4.69) is 10.3 Å². The molecule has 0 atom stereocenters. The first kappa shape index (κ1) is 12.5. The molecule has 0 bridgehead atoms. The Morgan fingerprint density at radius 2 is 2.06 bits per heavy atom. The maximum atomic E-state index is 5.69. The van der Waals surface area contributed by atoms with Crippen molar-refractivity contribution in [3.63, 3.8) is 0 Å². The van der Waals surface area contributed by atoms with Crippen LogP contribution in [0.1, 0.15) is 16.8 Å². The number of aromatic nitrogens is 1. The fourth-order valence-corrected chi connectivity index (χ4v) is 1.91. The quantitative estimate of drug-likeness (QED) is 0.827. The SMILES string of the molecule is Cc1cccnc1CNc1ccccc1C(N)=S. The highest BCUT2D eigenvalue weighted by Gasteiger charge is 2.04. The zero-order valence-corrected chi connectivity index (χ0v) is 11.0. The Morgan fingerprint density at radius 1 is 1.28 bits per heavy atom. The summed E-state index contributed by atoms with van der Waals surface area (Å²) in [5.41, 5.74) is 9.68. The van der Waals surface area contributed by atoms with E-state index in [-0.39, 0.29) is 0 Å². The lowest BCUT2D eigenvalue weighted by Crippen LogP contribution is -2.13. The van der Waals surface area contributed by atoms with E-state index in [1.165, 1.54) is 0 Å². The average Bonchev–Trinajstić information content (AvgIpc) is 2.38. The molecule has 2 rings (SSSR count). The first-order valence-electron chi connectivity index (χ1n) is 5.71. The zero-order valence-electron chi connectivity index (χ0n) is 10.2. The number of hydrogen-bond donors (Lipinski definition) is 2. The van der Waals surface area contributed by atoms with Gasteiger partial charge in [-0.1, -0.05) is 30.4 Å². The van der Waals surface area contributed by atoms with Crippen molar-refractivity contribution in [1.82, 2.24) is 4.98 Å². The number of hydrogen-bond acceptors (Lipinski definition) is 3. The van der Waals surface area contributed by atoms with Gasteiger partial charge in [-0.2, -0.15) is 0 Å². The molecule has 0 saturated heterocycles. The van der Waals surface area contributed by atoms with Gasteiger partial charge in [-0.25, -0.2) is 0 Å². The molecule has 0 saturated carbocycles. The number of benzene rings is 1. The van der Waals surface area contributed by atoms with Gasteiger partial charge in [0.25, 0.3) is 0 Å². The van der Waals surface area contributed by atoms with Crippen LogP contribution in [-0.2, 0) is 6.54 Å². The van der Waals surface area contributed by atoms with Crippen LogP contribution in [-0.4, -0.2) is 9.97 Å². The van der Waals surface area contributed by atoms with Crippen LogP contribution in [0.15, 0.2) is 42.6 Å². The van der Waals surface area contributed by atoms with Crippen LogP contribution in [0, 0.1) is 6.92 Å². The number of rotatable bonds is 4. The molecule has 0 aliphatic rings. The Morgan fingerprint density at radius 3 is 2.78 bits per heavy atom. The van der Waals surface area contributed by atoms with Gasteiger partial charge >= 0.3 is 0 Å². The van der Waals surface area contributed by atoms with Crippen LogP contribution in [0.3, 0.4) is 0 Å². The van der Waals surface area contributed by atoms with Crippen LogP contribution < -0.4 is 11.1 Å². The van der Waals surface area contributed by atoms with Gasteiger partial charge in [0.1, 0.15) is 4.99 Å². The fraction of sp³-hybridized carbons (Fsp3) is 0.143. The van der Waals surface area contributed by atoms with Crippen LogP contribution >= 0.6 is 12.2 Å². The normalized spacial score (nSPS) is 10.1. The van der Waals surface area contributed by atoms with E-state index in [9.17, 15) is 0 Å². The van der Waals surface area contributed by atoms with Gasteiger partial charge in [0.05, 0.1) is 12.2 Å². The summed E-state index contributed by atoms with van der Waals surface area (Å²) < 4.78 is 0. The Kier molecular flexibility index (Phi) is 3.89.